The van der Waals surface area contributed by atoms with E-state index in [2.05, 4.69) is 44.2 Å². The second-order valence-corrected chi connectivity index (χ2v) is 9.12. The Morgan fingerprint density at radius 2 is 0.735 bits per heavy atom. The van der Waals surface area contributed by atoms with Gasteiger partial charge in [0.25, 0.3) is 0 Å². The van der Waals surface area contributed by atoms with E-state index >= 15 is 0 Å². The van der Waals surface area contributed by atoms with Gasteiger partial charge in [-0.2, -0.15) is 22.7 Å². The van der Waals surface area contributed by atoms with Gasteiger partial charge in [-0.15, -0.1) is 0 Å². The van der Waals surface area contributed by atoms with Crippen LogP contribution in [0.5, 0.6) is 0 Å². The Labute approximate surface area is 205 Å². The van der Waals surface area contributed by atoms with E-state index in [0.717, 1.165) is 44.8 Å². The second-order valence-electron chi connectivity index (χ2n) is 7.49. The first kappa shape index (κ1) is 21.8. The smallest absolute Gasteiger partial charge is 0.0658 e. The minimum atomic E-state index is 0.939. The van der Waals surface area contributed by atoms with Gasteiger partial charge in [-0.05, 0) is 94.4 Å². The first-order valence-corrected chi connectivity index (χ1v) is 12.7. The van der Waals surface area contributed by atoms with Crippen LogP contribution < -0.4 is 0 Å². The number of hydrogen-bond donors (Lipinski definition) is 2. The van der Waals surface area contributed by atoms with E-state index < -0.39 is 0 Å². The summed E-state index contributed by atoms with van der Waals surface area (Å²) in [6.45, 7) is 0. The molecule has 6 heteroatoms. The third-order valence-corrected chi connectivity index (χ3v) is 6.15. The molecule has 0 aromatic carbocycles. The highest BCUT2D eigenvalue weighted by Gasteiger charge is 2.01. The van der Waals surface area contributed by atoms with E-state index in [1.165, 1.54) is 0 Å². The van der Waals surface area contributed by atoms with Crippen LogP contribution in [0.15, 0.2) is 94.3 Å². The summed E-state index contributed by atoms with van der Waals surface area (Å²) in [4.78, 5) is 16.0. The molecule has 34 heavy (non-hydrogen) atoms. The van der Waals surface area contributed by atoms with Crippen molar-refractivity contribution in [2.75, 3.05) is 0 Å². The zero-order valence-corrected chi connectivity index (χ0v) is 19.9. The highest BCUT2D eigenvalue weighted by atomic mass is 32.1. The van der Waals surface area contributed by atoms with Crippen molar-refractivity contribution in [2.24, 2.45) is 0 Å². The molecule has 0 saturated heterocycles. The quantitative estimate of drug-likeness (QED) is 0.231. The standard InChI is InChI=1S/C20H14N4.2C4H4S/c1-2-14-10-16-5-6-18(23-16)12-20-8-7-19(24-20)11-17-4-3-15(22-17)9-13(1)21-14;2*1-2-4-5-3-1/h1-12,21,24H;2*1-4H. The molecule has 7 rings (SSSR count). The summed E-state index contributed by atoms with van der Waals surface area (Å²) in [5.41, 5.74) is 7.86. The predicted molar refractivity (Wildman–Crippen MR) is 147 cm³/mol. The maximum Gasteiger partial charge on any atom is 0.0658 e. The van der Waals surface area contributed by atoms with E-state index in [0.29, 0.717) is 0 Å². The van der Waals surface area contributed by atoms with E-state index in [9.17, 15) is 0 Å². The van der Waals surface area contributed by atoms with Gasteiger partial charge in [0.2, 0.25) is 0 Å². The van der Waals surface area contributed by atoms with Gasteiger partial charge in [-0.1, -0.05) is 24.3 Å². The Bertz CT molecular complexity index is 1320. The molecule has 0 spiro atoms. The summed E-state index contributed by atoms with van der Waals surface area (Å²) >= 11 is 3.43. The van der Waals surface area contributed by atoms with Gasteiger partial charge in [0.15, 0.2) is 0 Å². The molecular formula is C28H22N4S2. The molecule has 0 saturated carbocycles. The van der Waals surface area contributed by atoms with Crippen LogP contribution in [0.3, 0.4) is 0 Å². The summed E-state index contributed by atoms with van der Waals surface area (Å²) < 4.78 is 0. The van der Waals surface area contributed by atoms with Gasteiger partial charge < -0.3 is 9.97 Å². The lowest BCUT2D eigenvalue weighted by atomic mass is 10.3. The van der Waals surface area contributed by atoms with E-state index in [1.54, 1.807) is 22.7 Å². The number of thiophene rings is 2. The third-order valence-electron chi connectivity index (χ3n) is 4.89. The number of fused-ring (bicyclic) bond motifs is 8. The van der Waals surface area contributed by atoms with Gasteiger partial charge in [0, 0.05) is 22.1 Å². The zero-order chi connectivity index (χ0) is 23.0. The maximum atomic E-state index is 4.63. The number of aromatic amines is 2. The van der Waals surface area contributed by atoms with Gasteiger partial charge in [-0.25, -0.2) is 9.97 Å². The van der Waals surface area contributed by atoms with Crippen LogP contribution in [0, 0.1) is 0 Å². The van der Waals surface area contributed by atoms with Crippen LogP contribution in [0.1, 0.15) is 22.8 Å². The van der Waals surface area contributed by atoms with Crippen LogP contribution >= 0.6 is 22.7 Å². The molecule has 166 valence electrons. The van der Waals surface area contributed by atoms with Crippen LogP contribution in [0.25, 0.3) is 46.4 Å². The van der Waals surface area contributed by atoms with Crippen molar-refractivity contribution in [1.29, 1.82) is 0 Å². The lowest BCUT2D eigenvalue weighted by Crippen LogP contribution is -1.75. The Morgan fingerprint density at radius 1 is 0.441 bits per heavy atom. The Hall–Kier alpha value is -4.00. The van der Waals surface area contributed by atoms with Crippen molar-refractivity contribution in [2.45, 2.75) is 0 Å². The first-order chi connectivity index (χ1) is 16.8. The number of rotatable bonds is 0. The SMILES string of the molecule is C1=Cc2cc3ccc(cc4nc(cc5ccc(cc1n2)[nH]5)C=C4)[nH]3.c1ccsc1.c1ccsc1. The zero-order valence-electron chi connectivity index (χ0n) is 18.3. The van der Waals surface area contributed by atoms with Gasteiger partial charge in [-0.3, -0.25) is 0 Å². The molecule has 0 fully saturated rings. The highest BCUT2D eigenvalue weighted by molar-refractivity contribution is 7.08. The van der Waals surface area contributed by atoms with E-state index in [1.807, 2.05) is 94.4 Å². The molecule has 8 bridgehead atoms. The molecule has 5 aromatic rings. The fourth-order valence-corrected chi connectivity index (χ4v) is 4.30. The van der Waals surface area contributed by atoms with Crippen molar-refractivity contribution >= 4 is 69.0 Å². The van der Waals surface area contributed by atoms with Crippen LogP contribution in [0.4, 0.5) is 0 Å². The molecule has 0 radical (unpaired) electrons. The van der Waals surface area contributed by atoms with Crippen molar-refractivity contribution in [3.63, 3.8) is 0 Å². The lowest BCUT2D eigenvalue weighted by molar-refractivity contribution is 1.31. The molecule has 2 aliphatic rings. The highest BCUT2D eigenvalue weighted by Crippen LogP contribution is 2.16. The Balaban J connectivity index is 0.000000199. The summed E-state index contributed by atoms with van der Waals surface area (Å²) in [5.74, 6) is 0. The molecule has 7 heterocycles. The summed E-state index contributed by atoms with van der Waals surface area (Å²) in [6.07, 6.45) is 8.09. The molecular weight excluding hydrogens is 456 g/mol. The summed E-state index contributed by atoms with van der Waals surface area (Å²) in [6, 6.07) is 24.4. The van der Waals surface area contributed by atoms with Gasteiger partial charge >= 0.3 is 0 Å². The predicted octanol–water partition coefficient (Wildman–Crippen LogP) is 8.15. The van der Waals surface area contributed by atoms with Crippen molar-refractivity contribution in [3.05, 3.63) is 117 Å². The Kier molecular flexibility index (Phi) is 6.90. The third kappa shape index (κ3) is 6.07. The number of H-pyrrole nitrogens is 2. The number of hydrogen-bond acceptors (Lipinski definition) is 4. The van der Waals surface area contributed by atoms with E-state index in [-0.39, 0.29) is 0 Å². The van der Waals surface area contributed by atoms with Crippen LogP contribution in [0.2, 0.25) is 0 Å². The van der Waals surface area contributed by atoms with Crippen LogP contribution in [-0.4, -0.2) is 19.9 Å². The fraction of sp³-hybridized carbons (Fsp3) is 0. The average Bonchev–Trinajstić information content (AvgIpc) is 3.65. The number of nitrogens with one attached hydrogen (secondary N) is 2. The van der Waals surface area contributed by atoms with Crippen molar-refractivity contribution in [1.82, 2.24) is 19.9 Å². The molecule has 2 aliphatic heterocycles. The summed E-state index contributed by atoms with van der Waals surface area (Å²) in [5, 5.41) is 8.17. The molecule has 0 aliphatic carbocycles. The average molecular weight is 479 g/mol. The first-order valence-electron chi connectivity index (χ1n) is 10.8. The van der Waals surface area contributed by atoms with E-state index in [4.69, 9.17) is 0 Å². The molecule has 0 amide bonds. The number of aromatic nitrogens is 4. The summed E-state index contributed by atoms with van der Waals surface area (Å²) in [7, 11) is 0. The van der Waals surface area contributed by atoms with Gasteiger partial charge in [0.1, 0.15) is 0 Å². The Morgan fingerprint density at radius 3 is 0.971 bits per heavy atom. The molecule has 0 atom stereocenters. The minimum absolute atomic E-state index is 0.939. The van der Waals surface area contributed by atoms with Crippen molar-refractivity contribution < 1.29 is 0 Å². The fourth-order valence-electron chi connectivity index (χ4n) is 3.40. The normalized spacial score (nSPS) is 11.3. The molecule has 5 aromatic heterocycles. The molecule has 4 nitrogen and oxygen atoms in total. The largest absolute Gasteiger partial charge is 0.355 e. The monoisotopic (exact) mass is 478 g/mol. The van der Waals surface area contributed by atoms with Crippen molar-refractivity contribution in [3.8, 4) is 0 Å². The molecule has 0 unspecified atom stereocenters. The minimum Gasteiger partial charge on any atom is -0.355 e. The topological polar surface area (TPSA) is 57.4 Å². The van der Waals surface area contributed by atoms with Gasteiger partial charge in [0.05, 0.1) is 22.8 Å². The van der Waals surface area contributed by atoms with Crippen LogP contribution in [-0.2, 0) is 0 Å². The maximum absolute atomic E-state index is 4.63. The molecule has 2 N–H and O–H groups in total. The lowest BCUT2D eigenvalue weighted by Gasteiger charge is -1.85. The second kappa shape index (κ2) is 10.7. The number of nitrogens with zero attached hydrogens (tertiary/aromatic N) is 2.